The van der Waals surface area contributed by atoms with Gasteiger partial charge in [0.05, 0.1) is 6.61 Å². The number of carbonyl (C=O) groups is 2. The number of ether oxygens (including phenoxy) is 3. The highest BCUT2D eigenvalue weighted by Crippen LogP contribution is 2.27. The van der Waals surface area contributed by atoms with Gasteiger partial charge in [-0.05, 0) is 43.9 Å². The number of nitrogens with zero attached hydrogens (tertiary/aromatic N) is 1. The van der Waals surface area contributed by atoms with Gasteiger partial charge in [0.1, 0.15) is 11.3 Å². The van der Waals surface area contributed by atoms with Gasteiger partial charge >= 0.3 is 11.9 Å². The van der Waals surface area contributed by atoms with E-state index >= 15 is 0 Å². The minimum atomic E-state index is -1.24. The number of para-hydroxylation sites is 1. The average molecular weight is 387 g/mol. The standard InChI is InChI=1S/C22H29NO5/c1-16-8-6-11-23(15-16)12-7-13-26-19-10-5-4-9-17(19)14-18-20(24)27-22(2,3)28-21(18)25/h4-5,9-10,14,16H,6-8,11-13,15H2,1-3H3. The summed E-state index contributed by atoms with van der Waals surface area (Å²) in [4.78, 5) is 26.8. The Labute approximate surface area is 166 Å². The first-order valence-corrected chi connectivity index (χ1v) is 9.96. The van der Waals surface area contributed by atoms with Crippen LogP contribution in [0.15, 0.2) is 29.8 Å². The molecule has 0 amide bonds. The van der Waals surface area contributed by atoms with Gasteiger partial charge in [0.25, 0.3) is 5.79 Å². The molecule has 0 aromatic heterocycles. The van der Waals surface area contributed by atoms with Crippen molar-refractivity contribution >= 4 is 18.0 Å². The summed E-state index contributed by atoms with van der Waals surface area (Å²) in [5.74, 6) is -1.21. The normalized spacial score (nSPS) is 22.4. The highest BCUT2D eigenvalue weighted by molar-refractivity contribution is 6.19. The van der Waals surface area contributed by atoms with Gasteiger partial charge in [-0.15, -0.1) is 0 Å². The Morgan fingerprint density at radius 1 is 1.21 bits per heavy atom. The van der Waals surface area contributed by atoms with Crippen molar-refractivity contribution in [1.82, 2.24) is 4.90 Å². The van der Waals surface area contributed by atoms with Crippen LogP contribution in [0.4, 0.5) is 0 Å². The molecule has 1 unspecified atom stereocenters. The molecule has 28 heavy (non-hydrogen) atoms. The molecule has 0 saturated carbocycles. The topological polar surface area (TPSA) is 65.1 Å². The van der Waals surface area contributed by atoms with E-state index in [1.807, 2.05) is 18.2 Å². The van der Waals surface area contributed by atoms with E-state index in [0.29, 0.717) is 17.9 Å². The molecule has 1 aromatic carbocycles. The summed E-state index contributed by atoms with van der Waals surface area (Å²) < 4.78 is 16.2. The van der Waals surface area contributed by atoms with Crippen LogP contribution in [0.2, 0.25) is 0 Å². The van der Waals surface area contributed by atoms with Crippen LogP contribution in [0.3, 0.4) is 0 Å². The summed E-state index contributed by atoms with van der Waals surface area (Å²) in [5.41, 5.74) is 0.524. The molecule has 0 N–H and O–H groups in total. The molecule has 0 bridgehead atoms. The number of benzene rings is 1. The number of likely N-dealkylation sites (tertiary alicyclic amines) is 1. The molecular formula is C22H29NO5. The molecular weight excluding hydrogens is 358 g/mol. The van der Waals surface area contributed by atoms with Crippen molar-refractivity contribution in [3.63, 3.8) is 0 Å². The van der Waals surface area contributed by atoms with E-state index in [0.717, 1.165) is 32.0 Å². The van der Waals surface area contributed by atoms with Crippen LogP contribution >= 0.6 is 0 Å². The first-order valence-electron chi connectivity index (χ1n) is 9.96. The van der Waals surface area contributed by atoms with E-state index in [-0.39, 0.29) is 5.57 Å². The molecule has 1 aromatic rings. The Hall–Kier alpha value is -2.34. The van der Waals surface area contributed by atoms with Crippen LogP contribution in [0.25, 0.3) is 6.08 Å². The molecule has 6 nitrogen and oxygen atoms in total. The largest absolute Gasteiger partial charge is 0.493 e. The lowest BCUT2D eigenvalue weighted by Gasteiger charge is -2.30. The Kier molecular flexibility index (Phi) is 6.39. The smallest absolute Gasteiger partial charge is 0.348 e. The number of carbonyl (C=O) groups excluding carboxylic acids is 2. The molecule has 0 aliphatic carbocycles. The van der Waals surface area contributed by atoms with E-state index in [4.69, 9.17) is 14.2 Å². The molecule has 1 atom stereocenters. The van der Waals surface area contributed by atoms with Gasteiger partial charge in [-0.3, -0.25) is 0 Å². The summed E-state index contributed by atoms with van der Waals surface area (Å²) in [7, 11) is 0. The molecule has 2 heterocycles. The third-order valence-corrected chi connectivity index (χ3v) is 4.95. The predicted octanol–water partition coefficient (Wildman–Crippen LogP) is 3.41. The molecule has 6 heteroatoms. The van der Waals surface area contributed by atoms with Gasteiger partial charge in [0, 0.05) is 32.5 Å². The second kappa shape index (κ2) is 8.78. The van der Waals surface area contributed by atoms with Crippen LogP contribution in [-0.2, 0) is 19.1 Å². The second-order valence-electron chi connectivity index (χ2n) is 8.02. The van der Waals surface area contributed by atoms with Crippen molar-refractivity contribution < 1.29 is 23.8 Å². The second-order valence-corrected chi connectivity index (χ2v) is 8.02. The summed E-state index contributed by atoms with van der Waals surface area (Å²) >= 11 is 0. The highest BCUT2D eigenvalue weighted by atomic mass is 16.7. The molecule has 0 radical (unpaired) electrons. The lowest BCUT2D eigenvalue weighted by atomic mass is 10.0. The number of piperidine rings is 1. The van der Waals surface area contributed by atoms with Crippen LogP contribution in [-0.4, -0.2) is 48.9 Å². The Bertz CT molecular complexity index is 733. The zero-order valence-electron chi connectivity index (χ0n) is 16.9. The first-order chi connectivity index (χ1) is 13.3. The Morgan fingerprint density at radius 3 is 2.64 bits per heavy atom. The molecule has 2 fully saturated rings. The average Bonchev–Trinajstić information content (AvgIpc) is 2.62. The number of rotatable bonds is 6. The summed E-state index contributed by atoms with van der Waals surface area (Å²) in [6.45, 7) is 9.26. The maximum atomic E-state index is 12.2. The van der Waals surface area contributed by atoms with Crippen molar-refractivity contribution in [2.24, 2.45) is 5.92 Å². The van der Waals surface area contributed by atoms with Crippen LogP contribution in [0.1, 0.15) is 45.6 Å². The van der Waals surface area contributed by atoms with Gasteiger partial charge in [0.2, 0.25) is 0 Å². The maximum absolute atomic E-state index is 12.2. The lowest BCUT2D eigenvalue weighted by Crippen LogP contribution is -2.41. The quantitative estimate of drug-likeness (QED) is 0.323. The van der Waals surface area contributed by atoms with Crippen molar-refractivity contribution in [2.75, 3.05) is 26.2 Å². The van der Waals surface area contributed by atoms with Gasteiger partial charge in [-0.25, -0.2) is 9.59 Å². The van der Waals surface area contributed by atoms with E-state index in [1.165, 1.54) is 32.8 Å². The number of hydrogen-bond donors (Lipinski definition) is 0. The lowest BCUT2D eigenvalue weighted by molar-refractivity contribution is -0.222. The van der Waals surface area contributed by atoms with Crippen molar-refractivity contribution in [3.05, 3.63) is 35.4 Å². The number of cyclic esters (lactones) is 2. The monoisotopic (exact) mass is 387 g/mol. The van der Waals surface area contributed by atoms with Crippen molar-refractivity contribution in [3.8, 4) is 5.75 Å². The van der Waals surface area contributed by atoms with E-state index < -0.39 is 17.7 Å². The van der Waals surface area contributed by atoms with Gasteiger partial charge in [-0.2, -0.15) is 0 Å². The van der Waals surface area contributed by atoms with Crippen molar-refractivity contribution in [2.45, 2.75) is 45.8 Å². The summed E-state index contributed by atoms with van der Waals surface area (Å²) in [5, 5.41) is 0. The van der Waals surface area contributed by atoms with Gasteiger partial charge in [-0.1, -0.05) is 25.1 Å². The minimum absolute atomic E-state index is 0.127. The highest BCUT2D eigenvalue weighted by Gasteiger charge is 2.39. The van der Waals surface area contributed by atoms with E-state index in [9.17, 15) is 9.59 Å². The van der Waals surface area contributed by atoms with E-state index in [2.05, 4.69) is 11.8 Å². The molecule has 3 rings (SSSR count). The van der Waals surface area contributed by atoms with Crippen LogP contribution in [0, 0.1) is 5.92 Å². The third kappa shape index (κ3) is 5.35. The van der Waals surface area contributed by atoms with Gasteiger partial charge < -0.3 is 19.1 Å². The molecule has 2 saturated heterocycles. The SMILES string of the molecule is CC1CCCN(CCCOc2ccccc2C=C2C(=O)OC(C)(C)OC2=O)C1. The Balaban J connectivity index is 1.60. The maximum Gasteiger partial charge on any atom is 0.348 e. The number of esters is 2. The van der Waals surface area contributed by atoms with E-state index in [1.54, 1.807) is 6.07 Å². The van der Waals surface area contributed by atoms with Crippen molar-refractivity contribution in [1.29, 1.82) is 0 Å². The fourth-order valence-corrected chi connectivity index (χ4v) is 3.63. The molecule has 152 valence electrons. The molecule has 2 aliphatic heterocycles. The fraction of sp³-hybridized carbons (Fsp3) is 0.545. The van der Waals surface area contributed by atoms with Crippen LogP contribution < -0.4 is 4.74 Å². The van der Waals surface area contributed by atoms with Gasteiger partial charge in [0.15, 0.2) is 0 Å². The summed E-state index contributed by atoms with van der Waals surface area (Å²) in [6.07, 6.45) is 4.98. The zero-order chi connectivity index (χ0) is 20.1. The third-order valence-electron chi connectivity index (χ3n) is 4.95. The van der Waals surface area contributed by atoms with Crippen LogP contribution in [0.5, 0.6) is 5.75 Å². The minimum Gasteiger partial charge on any atom is -0.493 e. The first kappa shape index (κ1) is 20.4. The molecule has 0 spiro atoms. The Morgan fingerprint density at radius 2 is 1.93 bits per heavy atom. The zero-order valence-corrected chi connectivity index (χ0v) is 16.9. The molecule has 2 aliphatic rings. The predicted molar refractivity (Wildman–Crippen MR) is 106 cm³/mol. The fourth-order valence-electron chi connectivity index (χ4n) is 3.63. The summed E-state index contributed by atoms with van der Waals surface area (Å²) in [6, 6.07) is 7.33. The number of hydrogen-bond acceptors (Lipinski definition) is 6.